The summed E-state index contributed by atoms with van der Waals surface area (Å²) >= 11 is 15.3. The average Bonchev–Trinajstić information content (AvgIpc) is 2.87. The van der Waals surface area contributed by atoms with E-state index in [0.29, 0.717) is 21.4 Å². The van der Waals surface area contributed by atoms with Crippen molar-refractivity contribution in [1.82, 2.24) is 0 Å². The number of carbonyl (C=O) groups is 1. The van der Waals surface area contributed by atoms with Crippen LogP contribution < -0.4 is 0 Å². The van der Waals surface area contributed by atoms with Gasteiger partial charge < -0.3 is 4.42 Å². The highest BCUT2D eigenvalue weighted by atomic mass is 79.9. The maximum absolute atomic E-state index is 12.3. The molecule has 3 rings (SSSR count). The SMILES string of the molecule is O=C(Cc1ccc(Cl)cc1Cl)c1cc2cccc(Br)c2o1. The summed E-state index contributed by atoms with van der Waals surface area (Å²) < 4.78 is 6.45. The fourth-order valence-electron chi connectivity index (χ4n) is 2.09. The predicted molar refractivity (Wildman–Crippen MR) is 88.4 cm³/mol. The molecule has 1 heterocycles. The molecular weight excluding hydrogens is 375 g/mol. The minimum atomic E-state index is -0.123. The second-order valence-electron chi connectivity index (χ2n) is 4.60. The molecular formula is C16H9BrCl2O2. The molecule has 2 nitrogen and oxygen atoms in total. The van der Waals surface area contributed by atoms with Gasteiger partial charge in [-0.15, -0.1) is 0 Å². The number of para-hydroxylation sites is 1. The Morgan fingerprint density at radius 3 is 2.67 bits per heavy atom. The Bertz CT molecular complexity index is 839. The largest absolute Gasteiger partial charge is 0.452 e. The van der Waals surface area contributed by atoms with Crippen LogP contribution in [0.4, 0.5) is 0 Å². The van der Waals surface area contributed by atoms with Crippen molar-refractivity contribution in [1.29, 1.82) is 0 Å². The van der Waals surface area contributed by atoms with Crippen molar-refractivity contribution in [3.05, 3.63) is 68.3 Å². The van der Waals surface area contributed by atoms with E-state index in [1.807, 2.05) is 18.2 Å². The van der Waals surface area contributed by atoms with Gasteiger partial charge in [0.2, 0.25) is 5.78 Å². The molecule has 106 valence electrons. The summed E-state index contributed by atoms with van der Waals surface area (Å²) in [5.74, 6) is 0.199. The molecule has 5 heteroatoms. The second kappa shape index (κ2) is 5.84. The van der Waals surface area contributed by atoms with Crippen LogP contribution in [0.25, 0.3) is 11.0 Å². The van der Waals surface area contributed by atoms with Crippen molar-refractivity contribution in [3.8, 4) is 0 Å². The molecule has 3 aromatic rings. The zero-order valence-corrected chi connectivity index (χ0v) is 13.8. The van der Waals surface area contributed by atoms with E-state index in [-0.39, 0.29) is 12.2 Å². The van der Waals surface area contributed by atoms with Gasteiger partial charge in [-0.1, -0.05) is 41.4 Å². The van der Waals surface area contributed by atoms with Crippen molar-refractivity contribution in [3.63, 3.8) is 0 Å². The number of fused-ring (bicyclic) bond motifs is 1. The lowest BCUT2D eigenvalue weighted by Crippen LogP contribution is -2.02. The molecule has 0 aliphatic carbocycles. The van der Waals surface area contributed by atoms with Crippen LogP contribution in [0.5, 0.6) is 0 Å². The van der Waals surface area contributed by atoms with Gasteiger partial charge in [0.25, 0.3) is 0 Å². The first-order chi connectivity index (χ1) is 10.0. The predicted octanol–water partition coefficient (Wildman–Crippen LogP) is 5.93. The van der Waals surface area contributed by atoms with Crippen LogP contribution in [0.15, 0.2) is 51.4 Å². The summed E-state index contributed by atoms with van der Waals surface area (Å²) in [7, 11) is 0. The standard InChI is InChI=1S/C16H9BrCl2O2/c17-12-3-1-2-10-7-15(21-16(10)12)14(20)6-9-4-5-11(18)8-13(9)19/h1-5,7-8H,6H2. The van der Waals surface area contributed by atoms with E-state index in [4.69, 9.17) is 27.6 Å². The summed E-state index contributed by atoms with van der Waals surface area (Å²) in [6, 6.07) is 12.5. The van der Waals surface area contributed by atoms with E-state index >= 15 is 0 Å². The second-order valence-corrected chi connectivity index (χ2v) is 6.30. The lowest BCUT2D eigenvalue weighted by molar-refractivity contribution is 0.0968. The van der Waals surface area contributed by atoms with Crippen molar-refractivity contribution in [2.45, 2.75) is 6.42 Å². The lowest BCUT2D eigenvalue weighted by atomic mass is 10.1. The number of hydrogen-bond donors (Lipinski definition) is 0. The van der Waals surface area contributed by atoms with Gasteiger partial charge in [-0.2, -0.15) is 0 Å². The summed E-state index contributed by atoms with van der Waals surface area (Å²) in [5.41, 5.74) is 1.40. The van der Waals surface area contributed by atoms with Gasteiger partial charge in [0.15, 0.2) is 5.76 Å². The van der Waals surface area contributed by atoms with Gasteiger partial charge in [-0.3, -0.25) is 4.79 Å². The summed E-state index contributed by atoms with van der Waals surface area (Å²) in [6.45, 7) is 0. The molecule has 0 aliphatic rings. The highest BCUT2D eigenvalue weighted by Crippen LogP contribution is 2.28. The van der Waals surface area contributed by atoms with Crippen molar-refractivity contribution >= 4 is 55.9 Å². The number of furan rings is 1. The molecule has 0 unspecified atom stereocenters. The first-order valence-corrected chi connectivity index (χ1v) is 7.74. The van der Waals surface area contributed by atoms with E-state index in [2.05, 4.69) is 15.9 Å². The van der Waals surface area contributed by atoms with Gasteiger partial charge in [0.1, 0.15) is 5.58 Å². The molecule has 0 radical (unpaired) electrons. The van der Waals surface area contributed by atoms with Gasteiger partial charge in [-0.25, -0.2) is 0 Å². The van der Waals surface area contributed by atoms with Crippen LogP contribution in [0.2, 0.25) is 10.0 Å². The number of ketones is 1. The topological polar surface area (TPSA) is 30.2 Å². The first kappa shape index (κ1) is 14.6. The Morgan fingerprint density at radius 2 is 1.95 bits per heavy atom. The Labute approximate surface area is 139 Å². The molecule has 0 spiro atoms. The smallest absolute Gasteiger partial charge is 0.202 e. The summed E-state index contributed by atoms with van der Waals surface area (Å²) in [5, 5.41) is 1.91. The van der Waals surface area contributed by atoms with Crippen LogP contribution in [-0.2, 0) is 6.42 Å². The quantitative estimate of drug-likeness (QED) is 0.525. The van der Waals surface area contributed by atoms with Gasteiger partial charge in [0.05, 0.1) is 4.47 Å². The van der Waals surface area contributed by atoms with Gasteiger partial charge in [0, 0.05) is 21.9 Å². The van der Waals surface area contributed by atoms with Crippen LogP contribution in [0, 0.1) is 0 Å². The van der Waals surface area contributed by atoms with E-state index in [1.165, 1.54) is 0 Å². The molecule has 0 aliphatic heterocycles. The zero-order valence-electron chi connectivity index (χ0n) is 10.7. The Hall–Kier alpha value is -1.29. The molecule has 0 bridgehead atoms. The molecule has 2 aromatic carbocycles. The van der Waals surface area contributed by atoms with Crippen LogP contribution in [-0.4, -0.2) is 5.78 Å². The normalized spacial score (nSPS) is 11.0. The third-order valence-corrected chi connectivity index (χ3v) is 4.35. The molecule has 0 saturated carbocycles. The van der Waals surface area contributed by atoms with Crippen molar-refractivity contribution in [2.75, 3.05) is 0 Å². The maximum atomic E-state index is 12.3. The van der Waals surface area contributed by atoms with Crippen LogP contribution in [0.1, 0.15) is 16.1 Å². The van der Waals surface area contributed by atoms with E-state index in [0.717, 1.165) is 15.4 Å². The Balaban J connectivity index is 1.92. The maximum Gasteiger partial charge on any atom is 0.202 e. The number of Topliss-reactive ketones (excluding diaryl/α,β-unsaturated/α-hetero) is 1. The van der Waals surface area contributed by atoms with Gasteiger partial charge >= 0.3 is 0 Å². The fraction of sp³-hybridized carbons (Fsp3) is 0.0625. The number of rotatable bonds is 3. The third-order valence-electron chi connectivity index (χ3n) is 3.14. The Kier molecular flexibility index (Phi) is 4.07. The monoisotopic (exact) mass is 382 g/mol. The van der Waals surface area contributed by atoms with E-state index in [9.17, 15) is 4.79 Å². The van der Waals surface area contributed by atoms with Crippen LogP contribution >= 0.6 is 39.1 Å². The molecule has 0 N–H and O–H groups in total. The number of benzene rings is 2. The average molecular weight is 384 g/mol. The molecule has 0 fully saturated rings. The molecule has 0 amide bonds. The number of carbonyl (C=O) groups excluding carboxylic acids is 1. The third kappa shape index (κ3) is 3.00. The fourth-order valence-corrected chi connectivity index (χ4v) is 3.03. The highest BCUT2D eigenvalue weighted by molar-refractivity contribution is 9.10. The zero-order chi connectivity index (χ0) is 15.0. The minimum absolute atomic E-state index is 0.123. The van der Waals surface area contributed by atoms with E-state index in [1.54, 1.807) is 24.3 Å². The number of halogens is 3. The molecule has 0 saturated heterocycles. The molecule has 21 heavy (non-hydrogen) atoms. The first-order valence-electron chi connectivity index (χ1n) is 6.20. The summed E-state index contributed by atoms with van der Waals surface area (Å²) in [6.07, 6.45) is 0.174. The minimum Gasteiger partial charge on any atom is -0.452 e. The molecule has 1 aromatic heterocycles. The number of hydrogen-bond acceptors (Lipinski definition) is 2. The molecule has 0 atom stereocenters. The van der Waals surface area contributed by atoms with E-state index < -0.39 is 0 Å². The Morgan fingerprint density at radius 1 is 1.14 bits per heavy atom. The van der Waals surface area contributed by atoms with Crippen molar-refractivity contribution < 1.29 is 9.21 Å². The lowest BCUT2D eigenvalue weighted by Gasteiger charge is -2.02. The van der Waals surface area contributed by atoms with Crippen molar-refractivity contribution in [2.24, 2.45) is 0 Å². The highest BCUT2D eigenvalue weighted by Gasteiger charge is 2.15. The van der Waals surface area contributed by atoms with Gasteiger partial charge in [-0.05, 0) is 45.8 Å². The summed E-state index contributed by atoms with van der Waals surface area (Å²) in [4.78, 5) is 12.3. The van der Waals surface area contributed by atoms with Crippen LogP contribution in [0.3, 0.4) is 0 Å².